The Morgan fingerprint density at radius 1 is 1.05 bits per heavy atom. The molecule has 0 bridgehead atoms. The summed E-state index contributed by atoms with van der Waals surface area (Å²) in [7, 11) is 0. The van der Waals surface area contributed by atoms with Gasteiger partial charge in [0.25, 0.3) is 0 Å². The van der Waals surface area contributed by atoms with Crippen molar-refractivity contribution in [1.29, 1.82) is 0 Å². The van der Waals surface area contributed by atoms with Crippen LogP contribution in [0.3, 0.4) is 0 Å². The highest BCUT2D eigenvalue weighted by Crippen LogP contribution is 2.30. The predicted octanol–water partition coefficient (Wildman–Crippen LogP) is 3.55. The minimum absolute atomic E-state index is 0.595. The van der Waals surface area contributed by atoms with E-state index < -0.39 is 0 Å². The lowest BCUT2D eigenvalue weighted by Gasteiger charge is -2.22. The van der Waals surface area contributed by atoms with Gasteiger partial charge in [-0.15, -0.1) is 0 Å². The number of rotatable bonds is 3. The number of nitrogens with zero attached hydrogens (tertiary/aromatic N) is 2. The average Bonchev–Trinajstić information content (AvgIpc) is 3.00. The smallest absolute Gasteiger partial charge is 0.0529 e. The van der Waals surface area contributed by atoms with Gasteiger partial charge in [-0.3, -0.25) is 4.98 Å². The number of piperidine rings is 1. The van der Waals surface area contributed by atoms with Crippen molar-refractivity contribution < 1.29 is 0 Å². The molecule has 0 unspecified atom stereocenters. The zero-order chi connectivity index (χ0) is 14.8. The first kappa shape index (κ1) is 13.5. The lowest BCUT2D eigenvalue weighted by atomic mass is 9.92. The van der Waals surface area contributed by atoms with Crippen LogP contribution >= 0.6 is 0 Å². The molecule has 3 nitrogen and oxygen atoms in total. The van der Waals surface area contributed by atoms with E-state index in [-0.39, 0.29) is 0 Å². The van der Waals surface area contributed by atoms with Crippen LogP contribution in [-0.4, -0.2) is 22.6 Å². The largest absolute Gasteiger partial charge is 0.343 e. The molecule has 22 heavy (non-hydrogen) atoms. The molecule has 0 saturated carbocycles. The molecule has 0 amide bonds. The molecule has 1 saturated heterocycles. The molecular weight excluding hydrogens is 270 g/mol. The van der Waals surface area contributed by atoms with Crippen LogP contribution in [0.5, 0.6) is 0 Å². The first-order chi connectivity index (χ1) is 10.9. The molecule has 1 N–H and O–H groups in total. The van der Waals surface area contributed by atoms with Crippen molar-refractivity contribution in [3.63, 3.8) is 0 Å². The molecule has 0 atom stereocenters. The average molecular weight is 291 g/mol. The lowest BCUT2D eigenvalue weighted by Crippen LogP contribution is -2.27. The summed E-state index contributed by atoms with van der Waals surface area (Å²) in [5, 5.41) is 4.76. The highest BCUT2D eigenvalue weighted by Gasteiger charge is 2.19. The van der Waals surface area contributed by atoms with E-state index in [1.54, 1.807) is 0 Å². The zero-order valence-corrected chi connectivity index (χ0v) is 12.7. The van der Waals surface area contributed by atoms with Gasteiger partial charge in [0.1, 0.15) is 0 Å². The van der Waals surface area contributed by atoms with Crippen LogP contribution in [0.4, 0.5) is 0 Å². The van der Waals surface area contributed by atoms with E-state index in [4.69, 9.17) is 4.98 Å². The Labute approximate surface area is 131 Å². The molecule has 3 heterocycles. The third-order valence-electron chi connectivity index (χ3n) is 4.65. The van der Waals surface area contributed by atoms with Crippen LogP contribution in [0.15, 0.2) is 54.9 Å². The minimum atomic E-state index is 0.595. The van der Waals surface area contributed by atoms with Gasteiger partial charge in [-0.1, -0.05) is 30.3 Å². The fourth-order valence-electron chi connectivity index (χ4n) is 3.48. The highest BCUT2D eigenvalue weighted by molar-refractivity contribution is 5.82. The summed E-state index contributed by atoms with van der Waals surface area (Å²) in [6, 6.07) is 15.0. The Balaban J connectivity index is 1.70. The van der Waals surface area contributed by atoms with Gasteiger partial charge in [-0.2, -0.15) is 0 Å². The summed E-state index contributed by atoms with van der Waals surface area (Å²) >= 11 is 0. The van der Waals surface area contributed by atoms with E-state index in [2.05, 4.69) is 58.5 Å². The van der Waals surface area contributed by atoms with Crippen molar-refractivity contribution in [3.8, 4) is 0 Å². The summed E-state index contributed by atoms with van der Waals surface area (Å²) in [4.78, 5) is 4.71. The SMILES string of the molecule is c1ccc(Cn2ccc3c(C4CCNCC4)nccc32)cc1. The number of benzene rings is 1. The van der Waals surface area contributed by atoms with Gasteiger partial charge in [0.2, 0.25) is 0 Å². The summed E-state index contributed by atoms with van der Waals surface area (Å²) in [5.74, 6) is 0.595. The topological polar surface area (TPSA) is 29.9 Å². The van der Waals surface area contributed by atoms with Gasteiger partial charge < -0.3 is 9.88 Å². The Kier molecular flexibility index (Phi) is 3.65. The van der Waals surface area contributed by atoms with Crippen molar-refractivity contribution in [2.45, 2.75) is 25.3 Å². The summed E-state index contributed by atoms with van der Waals surface area (Å²) < 4.78 is 2.33. The third kappa shape index (κ3) is 2.53. The Hall–Kier alpha value is -2.13. The first-order valence-corrected chi connectivity index (χ1v) is 8.10. The van der Waals surface area contributed by atoms with Gasteiger partial charge in [0.05, 0.1) is 11.2 Å². The zero-order valence-electron chi connectivity index (χ0n) is 12.7. The van der Waals surface area contributed by atoms with Crippen LogP contribution in [0.2, 0.25) is 0 Å². The van der Waals surface area contributed by atoms with Crippen molar-refractivity contribution in [2.24, 2.45) is 0 Å². The second-order valence-corrected chi connectivity index (χ2v) is 6.08. The molecule has 1 aromatic carbocycles. The number of pyridine rings is 1. The van der Waals surface area contributed by atoms with Crippen LogP contribution < -0.4 is 5.32 Å². The maximum absolute atomic E-state index is 4.71. The normalized spacial score (nSPS) is 16.2. The fourth-order valence-corrected chi connectivity index (χ4v) is 3.48. The van der Waals surface area contributed by atoms with Crippen LogP contribution in [0.1, 0.15) is 30.0 Å². The van der Waals surface area contributed by atoms with Gasteiger partial charge in [-0.25, -0.2) is 0 Å². The summed E-state index contributed by atoms with van der Waals surface area (Å²) in [6.07, 6.45) is 6.55. The highest BCUT2D eigenvalue weighted by atomic mass is 15.0. The minimum Gasteiger partial charge on any atom is -0.343 e. The van der Waals surface area contributed by atoms with E-state index in [1.165, 1.54) is 35.0 Å². The monoisotopic (exact) mass is 291 g/mol. The maximum atomic E-state index is 4.71. The molecule has 3 heteroatoms. The molecule has 112 valence electrons. The van der Waals surface area contributed by atoms with Crippen LogP contribution in [-0.2, 0) is 6.54 Å². The number of nitrogens with one attached hydrogen (secondary N) is 1. The maximum Gasteiger partial charge on any atom is 0.0529 e. The summed E-state index contributed by atoms with van der Waals surface area (Å²) in [5.41, 5.74) is 3.92. The number of hydrogen-bond donors (Lipinski definition) is 1. The molecule has 1 fully saturated rings. The quantitative estimate of drug-likeness (QED) is 0.800. The lowest BCUT2D eigenvalue weighted by molar-refractivity contribution is 0.455. The second kappa shape index (κ2) is 5.93. The molecule has 1 aliphatic rings. The summed E-state index contributed by atoms with van der Waals surface area (Å²) in [6.45, 7) is 3.13. The molecule has 3 aromatic rings. The number of aromatic nitrogens is 2. The Morgan fingerprint density at radius 2 is 1.86 bits per heavy atom. The van der Waals surface area contributed by atoms with Crippen LogP contribution in [0, 0.1) is 0 Å². The van der Waals surface area contributed by atoms with Crippen molar-refractivity contribution in [3.05, 3.63) is 66.1 Å². The molecule has 4 rings (SSSR count). The standard InChI is InChI=1S/C19H21N3/c1-2-4-15(5-3-1)14-22-13-9-17-18(22)8-12-21-19(17)16-6-10-20-11-7-16/h1-5,8-9,12-13,16,20H,6-7,10-11,14H2. The first-order valence-electron chi connectivity index (χ1n) is 8.10. The Morgan fingerprint density at radius 3 is 2.68 bits per heavy atom. The Bertz CT molecular complexity index is 755. The third-order valence-corrected chi connectivity index (χ3v) is 4.65. The number of fused-ring (bicyclic) bond motifs is 1. The molecule has 0 aliphatic carbocycles. The molecule has 2 aromatic heterocycles. The van der Waals surface area contributed by atoms with Gasteiger partial charge >= 0.3 is 0 Å². The molecule has 0 spiro atoms. The van der Waals surface area contributed by atoms with Crippen molar-refractivity contribution >= 4 is 10.9 Å². The van der Waals surface area contributed by atoms with E-state index in [1.807, 2.05) is 6.20 Å². The molecule has 0 radical (unpaired) electrons. The molecule has 1 aliphatic heterocycles. The predicted molar refractivity (Wildman–Crippen MR) is 90.1 cm³/mol. The second-order valence-electron chi connectivity index (χ2n) is 6.08. The fraction of sp³-hybridized carbons (Fsp3) is 0.316. The van der Waals surface area contributed by atoms with E-state index in [0.29, 0.717) is 5.92 Å². The number of hydrogen-bond acceptors (Lipinski definition) is 2. The van der Waals surface area contributed by atoms with E-state index >= 15 is 0 Å². The van der Waals surface area contributed by atoms with Crippen LogP contribution in [0.25, 0.3) is 10.9 Å². The van der Waals surface area contributed by atoms with Gasteiger partial charge in [0.15, 0.2) is 0 Å². The van der Waals surface area contributed by atoms with Crippen molar-refractivity contribution in [1.82, 2.24) is 14.9 Å². The van der Waals surface area contributed by atoms with Gasteiger partial charge in [-0.05, 0) is 43.6 Å². The van der Waals surface area contributed by atoms with Gasteiger partial charge in [0, 0.05) is 30.2 Å². The van der Waals surface area contributed by atoms with Crippen molar-refractivity contribution in [2.75, 3.05) is 13.1 Å². The van der Waals surface area contributed by atoms with E-state index in [0.717, 1.165) is 19.6 Å². The molecular formula is C19H21N3. The van der Waals surface area contributed by atoms with E-state index in [9.17, 15) is 0 Å².